The Balaban J connectivity index is 2.51. The Morgan fingerprint density at radius 1 is 1.14 bits per heavy atom. The molecule has 0 N–H and O–H groups in total. The number of pyridine rings is 1. The first-order valence-corrected chi connectivity index (χ1v) is 7.06. The fraction of sp³-hybridized carbons (Fsp3) is 0.353. The maximum Gasteiger partial charge on any atom is 0.416 e. The third kappa shape index (κ3) is 3.63. The minimum Gasteiger partial charge on any atom is -0.256 e. The first kappa shape index (κ1) is 15.5. The fourth-order valence-electron chi connectivity index (χ4n) is 2.51. The summed E-state index contributed by atoms with van der Waals surface area (Å²) in [4.78, 5) is 4.21. The Morgan fingerprint density at radius 3 is 2.48 bits per heavy atom. The molecule has 21 heavy (non-hydrogen) atoms. The molecule has 0 fully saturated rings. The standard InChI is InChI=1S/C17H18F3N/c1-3-6-12(2)14-11-13(16-7-4-5-10-21-16)8-9-15(14)17(18,19)20/h4-5,7-12H,3,6H2,1-2H3. The van der Waals surface area contributed by atoms with Crippen LogP contribution in [0.1, 0.15) is 43.7 Å². The number of rotatable bonds is 4. The van der Waals surface area contributed by atoms with Gasteiger partial charge in [-0.25, -0.2) is 0 Å². The van der Waals surface area contributed by atoms with E-state index in [0.29, 0.717) is 11.3 Å². The van der Waals surface area contributed by atoms with Crippen LogP contribution >= 0.6 is 0 Å². The Hall–Kier alpha value is -1.84. The van der Waals surface area contributed by atoms with Gasteiger partial charge in [-0.1, -0.05) is 32.4 Å². The molecule has 1 unspecified atom stereocenters. The highest BCUT2D eigenvalue weighted by atomic mass is 19.4. The van der Waals surface area contributed by atoms with Gasteiger partial charge in [0.05, 0.1) is 11.3 Å². The summed E-state index contributed by atoms with van der Waals surface area (Å²) in [5, 5.41) is 0. The van der Waals surface area contributed by atoms with E-state index in [-0.39, 0.29) is 5.92 Å². The smallest absolute Gasteiger partial charge is 0.256 e. The molecule has 0 aliphatic heterocycles. The molecular weight excluding hydrogens is 275 g/mol. The van der Waals surface area contributed by atoms with E-state index < -0.39 is 11.7 Å². The van der Waals surface area contributed by atoms with Gasteiger partial charge in [-0.15, -0.1) is 0 Å². The van der Waals surface area contributed by atoms with Gasteiger partial charge in [-0.2, -0.15) is 13.2 Å². The number of halogens is 3. The average molecular weight is 293 g/mol. The van der Waals surface area contributed by atoms with Gasteiger partial charge in [0.25, 0.3) is 0 Å². The molecule has 1 aromatic heterocycles. The zero-order valence-electron chi connectivity index (χ0n) is 12.1. The molecule has 0 radical (unpaired) electrons. The summed E-state index contributed by atoms with van der Waals surface area (Å²) in [5.41, 5.74) is 1.23. The second-order valence-corrected chi connectivity index (χ2v) is 5.20. The topological polar surface area (TPSA) is 12.9 Å². The summed E-state index contributed by atoms with van der Waals surface area (Å²) in [7, 11) is 0. The predicted octanol–water partition coefficient (Wildman–Crippen LogP) is 5.67. The molecule has 112 valence electrons. The van der Waals surface area contributed by atoms with E-state index in [1.165, 1.54) is 12.1 Å². The predicted molar refractivity (Wildman–Crippen MR) is 78.0 cm³/mol. The average Bonchev–Trinajstić information content (AvgIpc) is 2.47. The van der Waals surface area contributed by atoms with Gasteiger partial charge in [0.15, 0.2) is 0 Å². The first-order valence-electron chi connectivity index (χ1n) is 7.06. The zero-order valence-corrected chi connectivity index (χ0v) is 12.1. The van der Waals surface area contributed by atoms with Crippen LogP contribution in [0.4, 0.5) is 13.2 Å². The van der Waals surface area contributed by atoms with E-state index in [4.69, 9.17) is 0 Å². The molecule has 0 spiro atoms. The molecule has 0 aliphatic carbocycles. The second kappa shape index (κ2) is 6.29. The molecule has 0 saturated carbocycles. The minimum absolute atomic E-state index is 0.129. The second-order valence-electron chi connectivity index (χ2n) is 5.20. The van der Waals surface area contributed by atoms with Crippen LogP contribution in [0.2, 0.25) is 0 Å². The number of hydrogen-bond acceptors (Lipinski definition) is 1. The number of benzene rings is 1. The van der Waals surface area contributed by atoms with Crippen molar-refractivity contribution in [1.29, 1.82) is 0 Å². The SMILES string of the molecule is CCCC(C)c1cc(-c2ccccn2)ccc1C(F)(F)F. The Morgan fingerprint density at radius 2 is 1.90 bits per heavy atom. The molecule has 1 nitrogen and oxygen atoms in total. The highest BCUT2D eigenvalue weighted by Crippen LogP contribution is 2.38. The van der Waals surface area contributed by atoms with E-state index in [0.717, 1.165) is 18.4 Å². The van der Waals surface area contributed by atoms with Crippen molar-refractivity contribution in [3.05, 3.63) is 53.7 Å². The normalized spacial score (nSPS) is 13.2. The van der Waals surface area contributed by atoms with E-state index in [1.54, 1.807) is 24.4 Å². The maximum absolute atomic E-state index is 13.2. The van der Waals surface area contributed by atoms with Crippen LogP contribution in [-0.4, -0.2) is 4.98 Å². The van der Waals surface area contributed by atoms with Crippen molar-refractivity contribution in [2.45, 2.75) is 38.8 Å². The summed E-state index contributed by atoms with van der Waals surface area (Å²) >= 11 is 0. The summed E-state index contributed by atoms with van der Waals surface area (Å²) in [6.07, 6.45) is -1.09. The van der Waals surface area contributed by atoms with Crippen molar-refractivity contribution >= 4 is 0 Å². The van der Waals surface area contributed by atoms with Gasteiger partial charge in [0.1, 0.15) is 0 Å². The molecule has 1 heterocycles. The van der Waals surface area contributed by atoms with Crippen molar-refractivity contribution < 1.29 is 13.2 Å². The lowest BCUT2D eigenvalue weighted by molar-refractivity contribution is -0.138. The van der Waals surface area contributed by atoms with Crippen LogP contribution in [-0.2, 0) is 6.18 Å². The summed E-state index contributed by atoms with van der Waals surface area (Å²) in [6.45, 7) is 3.82. The molecule has 0 amide bonds. The van der Waals surface area contributed by atoms with Crippen molar-refractivity contribution in [2.75, 3.05) is 0 Å². The van der Waals surface area contributed by atoms with Gasteiger partial charge >= 0.3 is 6.18 Å². The number of alkyl halides is 3. The van der Waals surface area contributed by atoms with Crippen molar-refractivity contribution in [1.82, 2.24) is 4.98 Å². The van der Waals surface area contributed by atoms with E-state index >= 15 is 0 Å². The van der Waals surface area contributed by atoms with Crippen LogP contribution < -0.4 is 0 Å². The third-order valence-electron chi connectivity index (χ3n) is 3.57. The molecule has 1 aromatic carbocycles. The molecule has 2 rings (SSSR count). The minimum atomic E-state index is -4.32. The highest BCUT2D eigenvalue weighted by molar-refractivity contribution is 5.61. The van der Waals surface area contributed by atoms with Crippen LogP contribution in [0.3, 0.4) is 0 Å². The number of aromatic nitrogens is 1. The van der Waals surface area contributed by atoms with E-state index in [2.05, 4.69) is 4.98 Å². The Labute approximate surface area is 122 Å². The largest absolute Gasteiger partial charge is 0.416 e. The van der Waals surface area contributed by atoms with E-state index in [9.17, 15) is 13.2 Å². The molecular formula is C17H18F3N. The van der Waals surface area contributed by atoms with Gasteiger partial charge in [-0.05, 0) is 42.2 Å². The highest BCUT2D eigenvalue weighted by Gasteiger charge is 2.34. The van der Waals surface area contributed by atoms with Crippen LogP contribution in [0.5, 0.6) is 0 Å². The lowest BCUT2D eigenvalue weighted by Crippen LogP contribution is -2.11. The molecule has 4 heteroatoms. The zero-order chi connectivity index (χ0) is 15.5. The molecule has 0 saturated heterocycles. The molecule has 1 atom stereocenters. The van der Waals surface area contributed by atoms with Gasteiger partial charge < -0.3 is 0 Å². The fourth-order valence-corrected chi connectivity index (χ4v) is 2.51. The molecule has 2 aromatic rings. The molecule has 0 aliphatic rings. The summed E-state index contributed by atoms with van der Waals surface area (Å²) in [6, 6.07) is 9.71. The van der Waals surface area contributed by atoms with Gasteiger partial charge in [0, 0.05) is 11.8 Å². The number of nitrogens with zero attached hydrogens (tertiary/aromatic N) is 1. The Bertz CT molecular complexity index is 591. The van der Waals surface area contributed by atoms with Crippen molar-refractivity contribution in [2.24, 2.45) is 0 Å². The summed E-state index contributed by atoms with van der Waals surface area (Å²) < 4.78 is 39.5. The lowest BCUT2D eigenvalue weighted by Gasteiger charge is -2.19. The van der Waals surface area contributed by atoms with Crippen molar-refractivity contribution in [3.8, 4) is 11.3 Å². The maximum atomic E-state index is 13.2. The van der Waals surface area contributed by atoms with Gasteiger partial charge in [0.2, 0.25) is 0 Å². The van der Waals surface area contributed by atoms with Gasteiger partial charge in [-0.3, -0.25) is 4.98 Å². The Kier molecular flexibility index (Phi) is 4.66. The number of hydrogen-bond donors (Lipinski definition) is 0. The first-order chi connectivity index (χ1) is 9.93. The van der Waals surface area contributed by atoms with Crippen LogP contribution in [0, 0.1) is 0 Å². The van der Waals surface area contributed by atoms with Crippen molar-refractivity contribution in [3.63, 3.8) is 0 Å². The van der Waals surface area contributed by atoms with Crippen LogP contribution in [0.25, 0.3) is 11.3 Å². The summed E-state index contributed by atoms with van der Waals surface area (Å²) in [5.74, 6) is -0.129. The molecule has 0 bridgehead atoms. The monoisotopic (exact) mass is 293 g/mol. The van der Waals surface area contributed by atoms with E-state index in [1.807, 2.05) is 19.9 Å². The third-order valence-corrected chi connectivity index (χ3v) is 3.57. The van der Waals surface area contributed by atoms with Crippen LogP contribution in [0.15, 0.2) is 42.6 Å². The lowest BCUT2D eigenvalue weighted by atomic mass is 9.90. The quantitative estimate of drug-likeness (QED) is 0.707.